The largest absolute Gasteiger partial charge is 0.496 e. The summed E-state index contributed by atoms with van der Waals surface area (Å²) in [5.74, 6) is -0.669. The molecule has 0 saturated heterocycles. The lowest BCUT2D eigenvalue weighted by atomic mass is 9.87. The zero-order valence-electron chi connectivity index (χ0n) is 17.2. The van der Waals surface area contributed by atoms with Gasteiger partial charge in [0.15, 0.2) is 11.6 Å². The summed E-state index contributed by atoms with van der Waals surface area (Å²) in [5, 5.41) is 0.922. The molecule has 0 bridgehead atoms. The lowest BCUT2D eigenvalue weighted by molar-refractivity contribution is -0.155. The zero-order valence-corrected chi connectivity index (χ0v) is 17.2. The summed E-state index contributed by atoms with van der Waals surface area (Å²) in [7, 11) is 1.37. The van der Waals surface area contributed by atoms with E-state index in [9.17, 15) is 13.2 Å². The normalized spacial score (nSPS) is 19.5. The fourth-order valence-corrected chi connectivity index (χ4v) is 4.48. The fourth-order valence-electron chi connectivity index (χ4n) is 4.48. The number of nitrogens with zero attached hydrogens (tertiary/aromatic N) is 1. The first kappa shape index (κ1) is 21.5. The van der Waals surface area contributed by atoms with Crippen molar-refractivity contribution in [1.29, 1.82) is 0 Å². The average Bonchev–Trinajstić information content (AvgIpc) is 3.08. The number of halogens is 4. The van der Waals surface area contributed by atoms with Gasteiger partial charge in [0.1, 0.15) is 5.75 Å². The summed E-state index contributed by atoms with van der Waals surface area (Å²) in [6, 6.07) is 8.90. The Hall–Kier alpha value is -2.74. The standard InChI is InChI=1S/C23H23F4N2O2/c1-4-31-18-10-9-17(30-3)19(20(18)24)22-21-15(14-7-5-6-8-16(14)28-21)11-13(2)29(22)12-23(25,26)27/h5-10,13,22,28H,1,4,11-12H2,2-3H3/t13-,22-/m1/s1. The highest BCUT2D eigenvalue weighted by atomic mass is 19.4. The number of ether oxygens (including phenoxy) is 2. The predicted octanol–water partition coefficient (Wildman–Crippen LogP) is 5.43. The Balaban J connectivity index is 1.99. The topological polar surface area (TPSA) is 37.5 Å². The first-order valence-electron chi connectivity index (χ1n) is 9.95. The van der Waals surface area contributed by atoms with Crippen LogP contribution in [-0.4, -0.2) is 42.4 Å². The van der Waals surface area contributed by atoms with Crippen molar-refractivity contribution in [2.45, 2.75) is 31.6 Å². The molecular weight excluding hydrogens is 412 g/mol. The quantitative estimate of drug-likeness (QED) is 0.544. The Morgan fingerprint density at radius 1 is 1.16 bits per heavy atom. The number of benzene rings is 2. The molecule has 4 rings (SSSR count). The van der Waals surface area contributed by atoms with Crippen LogP contribution in [0.3, 0.4) is 0 Å². The van der Waals surface area contributed by atoms with Gasteiger partial charge in [-0.15, -0.1) is 0 Å². The molecule has 0 saturated carbocycles. The van der Waals surface area contributed by atoms with E-state index in [1.165, 1.54) is 24.1 Å². The van der Waals surface area contributed by atoms with Gasteiger partial charge in [-0.25, -0.2) is 4.39 Å². The molecule has 1 aliphatic heterocycles. The van der Waals surface area contributed by atoms with Crippen LogP contribution in [0.2, 0.25) is 0 Å². The van der Waals surface area contributed by atoms with Gasteiger partial charge in [0.2, 0.25) is 0 Å². The second kappa shape index (κ2) is 8.07. The van der Waals surface area contributed by atoms with Crippen molar-refractivity contribution in [3.63, 3.8) is 0 Å². The molecule has 2 atom stereocenters. The van der Waals surface area contributed by atoms with E-state index < -0.39 is 30.6 Å². The van der Waals surface area contributed by atoms with Crippen LogP contribution in [0.5, 0.6) is 11.5 Å². The van der Waals surface area contributed by atoms with E-state index in [4.69, 9.17) is 9.47 Å². The highest BCUT2D eigenvalue weighted by Gasteiger charge is 2.44. The minimum absolute atomic E-state index is 0.0112. The minimum atomic E-state index is -4.46. The SMILES string of the molecule is [CH2]COc1ccc(OC)c([C@@H]2c3[nH]c4ccccc4c3C[C@@H](C)N2CC(F)(F)F)c1F. The monoisotopic (exact) mass is 435 g/mol. The summed E-state index contributed by atoms with van der Waals surface area (Å²) in [6.07, 6.45) is -4.05. The average molecular weight is 435 g/mol. The number of hydrogen-bond acceptors (Lipinski definition) is 3. The van der Waals surface area contributed by atoms with Crippen molar-refractivity contribution in [3.8, 4) is 11.5 Å². The molecule has 1 aliphatic rings. The van der Waals surface area contributed by atoms with Gasteiger partial charge in [-0.1, -0.05) is 18.2 Å². The van der Waals surface area contributed by atoms with Crippen LogP contribution in [0.4, 0.5) is 17.6 Å². The van der Waals surface area contributed by atoms with Crippen molar-refractivity contribution >= 4 is 10.9 Å². The Morgan fingerprint density at radius 2 is 1.87 bits per heavy atom. The first-order chi connectivity index (χ1) is 14.7. The van der Waals surface area contributed by atoms with E-state index in [1.807, 2.05) is 24.3 Å². The van der Waals surface area contributed by atoms with E-state index in [2.05, 4.69) is 11.9 Å². The second-order valence-electron chi connectivity index (χ2n) is 7.65. The molecule has 8 heteroatoms. The van der Waals surface area contributed by atoms with Crippen LogP contribution in [0, 0.1) is 12.7 Å². The Bertz CT molecular complexity index is 1090. The van der Waals surface area contributed by atoms with Gasteiger partial charge in [0.05, 0.1) is 31.9 Å². The predicted molar refractivity (Wildman–Crippen MR) is 110 cm³/mol. The fraction of sp³-hybridized carbons (Fsp3) is 0.348. The van der Waals surface area contributed by atoms with E-state index in [1.54, 1.807) is 6.92 Å². The van der Waals surface area contributed by atoms with Gasteiger partial charge in [-0.2, -0.15) is 13.2 Å². The van der Waals surface area contributed by atoms with Crippen LogP contribution >= 0.6 is 0 Å². The number of H-pyrrole nitrogens is 1. The van der Waals surface area contributed by atoms with E-state index >= 15 is 4.39 Å². The summed E-state index contributed by atoms with van der Waals surface area (Å²) in [4.78, 5) is 4.52. The Morgan fingerprint density at radius 3 is 2.55 bits per heavy atom. The van der Waals surface area contributed by atoms with Crippen molar-refractivity contribution in [2.24, 2.45) is 0 Å². The number of nitrogens with one attached hydrogen (secondary N) is 1. The minimum Gasteiger partial charge on any atom is -0.496 e. The van der Waals surface area contributed by atoms with E-state index in [0.717, 1.165) is 16.5 Å². The lowest BCUT2D eigenvalue weighted by Crippen LogP contribution is -2.47. The smallest absolute Gasteiger partial charge is 0.401 e. The van der Waals surface area contributed by atoms with Crippen LogP contribution < -0.4 is 9.47 Å². The summed E-state index contributed by atoms with van der Waals surface area (Å²) >= 11 is 0. The number of aromatic nitrogens is 1. The number of aromatic amines is 1. The number of hydrogen-bond donors (Lipinski definition) is 1. The maximum Gasteiger partial charge on any atom is 0.401 e. The molecule has 0 aliphatic carbocycles. The third-order valence-corrected chi connectivity index (χ3v) is 5.73. The molecule has 165 valence electrons. The van der Waals surface area contributed by atoms with Gasteiger partial charge in [0.25, 0.3) is 0 Å². The Labute approximate surface area is 177 Å². The van der Waals surface area contributed by atoms with Gasteiger partial charge >= 0.3 is 6.18 Å². The highest BCUT2D eigenvalue weighted by Crippen LogP contribution is 2.46. The number of fused-ring (bicyclic) bond motifs is 3. The molecule has 1 N–H and O–H groups in total. The van der Waals surface area contributed by atoms with Crippen molar-refractivity contribution in [2.75, 3.05) is 20.3 Å². The molecule has 31 heavy (non-hydrogen) atoms. The summed E-state index contributed by atoms with van der Waals surface area (Å²) < 4.78 is 67.0. The van der Waals surface area contributed by atoms with Gasteiger partial charge in [-0.3, -0.25) is 4.90 Å². The van der Waals surface area contributed by atoms with Crippen LogP contribution in [-0.2, 0) is 6.42 Å². The van der Waals surface area contributed by atoms with Gasteiger partial charge in [-0.05, 0) is 44.0 Å². The number of rotatable bonds is 5. The molecule has 4 nitrogen and oxygen atoms in total. The Kier molecular flexibility index (Phi) is 5.60. The van der Waals surface area contributed by atoms with E-state index in [-0.39, 0.29) is 23.7 Å². The molecule has 0 spiro atoms. The maximum absolute atomic E-state index is 15.6. The van der Waals surface area contributed by atoms with Gasteiger partial charge in [0, 0.05) is 22.6 Å². The van der Waals surface area contributed by atoms with Crippen molar-refractivity contribution < 1.29 is 27.0 Å². The highest BCUT2D eigenvalue weighted by molar-refractivity contribution is 5.85. The maximum atomic E-state index is 15.6. The molecule has 1 radical (unpaired) electrons. The number of para-hydroxylation sites is 1. The molecular formula is C23H23F4N2O2. The number of alkyl halides is 3. The summed E-state index contributed by atoms with van der Waals surface area (Å²) in [5.41, 5.74) is 2.23. The molecule has 2 aromatic carbocycles. The summed E-state index contributed by atoms with van der Waals surface area (Å²) in [6.45, 7) is 4.08. The van der Waals surface area contributed by atoms with Crippen molar-refractivity contribution in [3.05, 3.63) is 66.0 Å². The second-order valence-corrected chi connectivity index (χ2v) is 7.65. The zero-order chi connectivity index (χ0) is 22.3. The van der Waals surface area contributed by atoms with Gasteiger partial charge < -0.3 is 14.5 Å². The first-order valence-corrected chi connectivity index (χ1v) is 9.95. The molecule has 0 fully saturated rings. The third-order valence-electron chi connectivity index (χ3n) is 5.73. The van der Waals surface area contributed by atoms with Crippen LogP contribution in [0.25, 0.3) is 10.9 Å². The molecule has 3 aromatic rings. The third kappa shape index (κ3) is 3.84. The molecule has 2 heterocycles. The van der Waals surface area contributed by atoms with Crippen molar-refractivity contribution in [1.82, 2.24) is 9.88 Å². The van der Waals surface area contributed by atoms with Crippen LogP contribution in [0.1, 0.15) is 29.8 Å². The van der Waals surface area contributed by atoms with Crippen LogP contribution in [0.15, 0.2) is 36.4 Å². The molecule has 0 amide bonds. The number of methoxy groups -OCH3 is 1. The molecule has 0 unspecified atom stereocenters. The van der Waals surface area contributed by atoms with E-state index in [0.29, 0.717) is 12.1 Å². The molecule has 1 aromatic heterocycles. The lowest BCUT2D eigenvalue weighted by Gasteiger charge is -2.41.